The highest BCUT2D eigenvalue weighted by atomic mass is 32.2. The maximum atomic E-state index is 12.6. The first kappa shape index (κ1) is 21.9. The van der Waals surface area contributed by atoms with Crippen molar-refractivity contribution >= 4 is 33.0 Å². The van der Waals surface area contributed by atoms with Crippen molar-refractivity contribution in [2.75, 3.05) is 11.9 Å². The first-order valence-corrected chi connectivity index (χ1v) is 11.7. The van der Waals surface area contributed by atoms with Crippen LogP contribution in [-0.4, -0.2) is 25.9 Å². The van der Waals surface area contributed by atoms with Crippen molar-refractivity contribution in [3.8, 4) is 16.3 Å². The summed E-state index contributed by atoms with van der Waals surface area (Å²) in [5.74, 6) is 0.454. The molecule has 0 aliphatic rings. The number of sulfonamides is 1. The Morgan fingerprint density at radius 2 is 1.97 bits per heavy atom. The van der Waals surface area contributed by atoms with Crippen LogP contribution in [0.3, 0.4) is 0 Å². The number of hydrogen-bond acceptors (Lipinski definition) is 6. The third kappa shape index (κ3) is 5.05. The number of primary sulfonamides is 1. The molecule has 3 rings (SSSR count). The third-order valence-corrected chi connectivity index (χ3v) is 6.37. The molecule has 30 heavy (non-hydrogen) atoms. The second kappa shape index (κ2) is 8.95. The lowest BCUT2D eigenvalue weighted by Crippen LogP contribution is -2.17. The van der Waals surface area contributed by atoms with E-state index in [9.17, 15) is 13.2 Å². The Morgan fingerprint density at radius 1 is 1.23 bits per heavy atom. The molecule has 2 aromatic carbocycles. The van der Waals surface area contributed by atoms with Crippen molar-refractivity contribution in [1.29, 1.82) is 0 Å². The summed E-state index contributed by atoms with van der Waals surface area (Å²) in [6.45, 7) is 6.04. The fraction of sp³-hybridized carbons (Fsp3) is 0.238. The number of nitrogens with zero attached hydrogens (tertiary/aromatic N) is 1. The molecule has 0 bridgehead atoms. The molecule has 158 valence electrons. The van der Waals surface area contributed by atoms with E-state index >= 15 is 0 Å². The number of nitrogens with one attached hydrogen (secondary N) is 1. The number of thiazole rings is 1. The zero-order valence-corrected chi connectivity index (χ0v) is 18.6. The Balaban J connectivity index is 1.78. The van der Waals surface area contributed by atoms with Crippen LogP contribution in [0.4, 0.5) is 5.69 Å². The fourth-order valence-electron chi connectivity index (χ4n) is 2.92. The van der Waals surface area contributed by atoms with E-state index in [-0.39, 0.29) is 17.2 Å². The number of nitrogens with two attached hydrogens (primary N) is 1. The SMILES string of the molecule is CCOc1ccccc1-c1nc(CC(=O)Nc2cc(S(N)(=O)=O)cc(C)c2C)cs1. The minimum Gasteiger partial charge on any atom is -0.493 e. The van der Waals surface area contributed by atoms with Crippen molar-refractivity contribution in [3.63, 3.8) is 0 Å². The summed E-state index contributed by atoms with van der Waals surface area (Å²) in [5.41, 5.74) is 3.42. The maximum Gasteiger partial charge on any atom is 0.238 e. The van der Waals surface area contributed by atoms with Gasteiger partial charge in [0.05, 0.1) is 29.2 Å². The number of benzene rings is 2. The van der Waals surface area contributed by atoms with Gasteiger partial charge in [0.2, 0.25) is 15.9 Å². The van der Waals surface area contributed by atoms with E-state index in [0.717, 1.165) is 27.4 Å². The second-order valence-electron chi connectivity index (χ2n) is 6.76. The summed E-state index contributed by atoms with van der Waals surface area (Å²) in [6, 6.07) is 10.5. The van der Waals surface area contributed by atoms with E-state index in [1.54, 1.807) is 6.92 Å². The lowest BCUT2D eigenvalue weighted by molar-refractivity contribution is -0.115. The number of carbonyl (C=O) groups excluding carboxylic acids is 1. The summed E-state index contributed by atoms with van der Waals surface area (Å²) in [6.07, 6.45) is 0.0609. The van der Waals surface area contributed by atoms with Crippen molar-refractivity contribution < 1.29 is 17.9 Å². The topological polar surface area (TPSA) is 111 Å². The molecule has 0 unspecified atom stereocenters. The van der Waals surface area contributed by atoms with Gasteiger partial charge in [0.15, 0.2) is 0 Å². The molecule has 0 saturated heterocycles. The highest BCUT2D eigenvalue weighted by Crippen LogP contribution is 2.32. The van der Waals surface area contributed by atoms with Crippen LogP contribution in [0.15, 0.2) is 46.7 Å². The molecule has 0 saturated carbocycles. The van der Waals surface area contributed by atoms with E-state index in [2.05, 4.69) is 10.3 Å². The number of ether oxygens (including phenoxy) is 1. The van der Waals surface area contributed by atoms with E-state index in [1.165, 1.54) is 23.5 Å². The van der Waals surface area contributed by atoms with E-state index in [4.69, 9.17) is 9.88 Å². The molecule has 9 heteroatoms. The van der Waals surface area contributed by atoms with Gasteiger partial charge in [-0.2, -0.15) is 0 Å². The molecule has 1 aromatic heterocycles. The first-order valence-electron chi connectivity index (χ1n) is 9.29. The zero-order valence-electron chi connectivity index (χ0n) is 16.9. The molecule has 7 nitrogen and oxygen atoms in total. The van der Waals surface area contributed by atoms with Crippen LogP contribution in [0.25, 0.3) is 10.6 Å². The lowest BCUT2D eigenvalue weighted by Gasteiger charge is -2.12. The predicted octanol–water partition coefficient (Wildman–Crippen LogP) is 3.65. The van der Waals surface area contributed by atoms with E-state index in [0.29, 0.717) is 18.0 Å². The van der Waals surface area contributed by atoms with Gasteiger partial charge in [0.25, 0.3) is 0 Å². The third-order valence-electron chi connectivity index (χ3n) is 4.55. The van der Waals surface area contributed by atoms with Crippen LogP contribution >= 0.6 is 11.3 Å². The Kier molecular flexibility index (Phi) is 6.55. The molecule has 3 N–H and O–H groups in total. The standard InChI is InChI=1S/C21H23N3O4S2/c1-4-28-19-8-6-5-7-17(19)21-23-15(12-29-21)10-20(25)24-18-11-16(30(22,26)27)9-13(2)14(18)3/h5-9,11-12H,4,10H2,1-3H3,(H,24,25)(H2,22,26,27). The van der Waals surface area contributed by atoms with Crippen LogP contribution < -0.4 is 15.2 Å². The van der Waals surface area contributed by atoms with Crippen LogP contribution in [0, 0.1) is 13.8 Å². The van der Waals surface area contributed by atoms with Gasteiger partial charge >= 0.3 is 0 Å². The average Bonchev–Trinajstić information content (AvgIpc) is 3.13. The van der Waals surface area contributed by atoms with Crippen molar-refractivity contribution in [2.24, 2.45) is 5.14 Å². The molecule has 0 aliphatic carbocycles. The van der Waals surface area contributed by atoms with Gasteiger partial charge in [-0.1, -0.05) is 12.1 Å². The molecule has 3 aromatic rings. The molecular formula is C21H23N3O4S2. The van der Waals surface area contributed by atoms with Gasteiger partial charge < -0.3 is 10.1 Å². The van der Waals surface area contributed by atoms with Gasteiger partial charge in [-0.25, -0.2) is 18.5 Å². The number of hydrogen-bond donors (Lipinski definition) is 2. The Labute approximate surface area is 180 Å². The van der Waals surface area contributed by atoms with Gasteiger partial charge in [0, 0.05) is 11.1 Å². The van der Waals surface area contributed by atoms with E-state index < -0.39 is 10.0 Å². The summed E-state index contributed by atoms with van der Waals surface area (Å²) < 4.78 is 29.0. The minimum atomic E-state index is -3.87. The molecule has 0 fully saturated rings. The monoisotopic (exact) mass is 445 g/mol. The van der Waals surface area contributed by atoms with Crippen molar-refractivity contribution in [3.05, 3.63) is 58.6 Å². The van der Waals surface area contributed by atoms with Gasteiger partial charge in [-0.15, -0.1) is 11.3 Å². The van der Waals surface area contributed by atoms with Crippen molar-refractivity contribution in [1.82, 2.24) is 4.98 Å². The maximum absolute atomic E-state index is 12.6. The number of anilines is 1. The van der Waals surface area contributed by atoms with E-state index in [1.807, 2.05) is 43.5 Å². The fourth-order valence-corrected chi connectivity index (χ4v) is 4.39. The molecule has 0 atom stereocenters. The lowest BCUT2D eigenvalue weighted by atomic mass is 10.1. The Bertz CT molecular complexity index is 1190. The zero-order chi connectivity index (χ0) is 21.9. The summed E-state index contributed by atoms with van der Waals surface area (Å²) >= 11 is 1.44. The first-order chi connectivity index (χ1) is 14.2. The largest absolute Gasteiger partial charge is 0.493 e. The van der Waals surface area contributed by atoms with Crippen LogP contribution in [-0.2, 0) is 21.2 Å². The van der Waals surface area contributed by atoms with Crippen LogP contribution in [0.2, 0.25) is 0 Å². The summed E-state index contributed by atoms with van der Waals surface area (Å²) in [5, 5.41) is 10.6. The molecular weight excluding hydrogens is 422 g/mol. The Morgan fingerprint density at radius 3 is 2.67 bits per heavy atom. The summed E-state index contributed by atoms with van der Waals surface area (Å²) in [4.78, 5) is 17.1. The number of rotatable bonds is 7. The normalized spacial score (nSPS) is 11.3. The highest BCUT2D eigenvalue weighted by Gasteiger charge is 2.16. The number of amides is 1. The minimum absolute atomic E-state index is 0.0376. The summed E-state index contributed by atoms with van der Waals surface area (Å²) in [7, 11) is -3.87. The predicted molar refractivity (Wildman–Crippen MR) is 118 cm³/mol. The number of aryl methyl sites for hydroxylation is 1. The van der Waals surface area contributed by atoms with Gasteiger partial charge in [-0.3, -0.25) is 4.79 Å². The quantitative estimate of drug-likeness (QED) is 0.577. The Hall–Kier alpha value is -2.75. The number of aromatic nitrogens is 1. The molecule has 0 radical (unpaired) electrons. The molecule has 1 heterocycles. The number of carbonyl (C=O) groups is 1. The second-order valence-corrected chi connectivity index (χ2v) is 9.18. The van der Waals surface area contributed by atoms with Gasteiger partial charge in [-0.05, 0) is 56.2 Å². The average molecular weight is 446 g/mol. The smallest absolute Gasteiger partial charge is 0.238 e. The van der Waals surface area contributed by atoms with Crippen LogP contribution in [0.1, 0.15) is 23.7 Å². The van der Waals surface area contributed by atoms with Gasteiger partial charge in [0.1, 0.15) is 10.8 Å². The highest BCUT2D eigenvalue weighted by molar-refractivity contribution is 7.89. The number of para-hydroxylation sites is 1. The van der Waals surface area contributed by atoms with Crippen LogP contribution in [0.5, 0.6) is 5.75 Å². The molecule has 0 spiro atoms. The molecule has 1 amide bonds. The van der Waals surface area contributed by atoms with Crippen molar-refractivity contribution in [2.45, 2.75) is 32.1 Å². The molecule has 0 aliphatic heterocycles.